The van der Waals surface area contributed by atoms with Crippen LogP contribution in [0.4, 0.5) is 11.5 Å². The smallest absolute Gasteiger partial charge is 0.198 e. The second-order valence-electron chi connectivity index (χ2n) is 5.10. The maximum atomic E-state index is 5.77. The highest BCUT2D eigenvalue weighted by atomic mass is 15.0. The standard InChI is InChI=1S/C13H18N6/c1-7-10(14)11(15)19-13(17-7)12-16-6-9(18-12)8-4-2-3-5-8/h6,8H,2-5,14H2,1H3,(H,16,18)(H2,15,17,19). The summed E-state index contributed by atoms with van der Waals surface area (Å²) in [6, 6.07) is 0. The third kappa shape index (κ3) is 2.14. The molecule has 6 nitrogen and oxygen atoms in total. The zero-order valence-corrected chi connectivity index (χ0v) is 11.0. The number of rotatable bonds is 2. The molecule has 1 saturated carbocycles. The summed E-state index contributed by atoms with van der Waals surface area (Å²) >= 11 is 0. The lowest BCUT2D eigenvalue weighted by Gasteiger charge is -2.06. The van der Waals surface area contributed by atoms with Crippen molar-refractivity contribution in [2.45, 2.75) is 38.5 Å². The van der Waals surface area contributed by atoms with Crippen molar-refractivity contribution in [2.24, 2.45) is 0 Å². The van der Waals surface area contributed by atoms with Gasteiger partial charge in [-0.05, 0) is 19.8 Å². The van der Waals surface area contributed by atoms with Crippen molar-refractivity contribution >= 4 is 11.5 Å². The van der Waals surface area contributed by atoms with Crippen LogP contribution in [0.1, 0.15) is 43.0 Å². The number of anilines is 2. The number of aromatic amines is 1. The number of nitrogen functional groups attached to an aromatic ring is 2. The van der Waals surface area contributed by atoms with Crippen LogP contribution in [-0.4, -0.2) is 19.9 Å². The molecule has 0 spiro atoms. The Bertz CT molecular complexity index is 574. The Hall–Kier alpha value is -2.11. The van der Waals surface area contributed by atoms with Gasteiger partial charge in [0, 0.05) is 17.8 Å². The fraction of sp³-hybridized carbons (Fsp3) is 0.462. The monoisotopic (exact) mass is 258 g/mol. The van der Waals surface area contributed by atoms with Gasteiger partial charge < -0.3 is 16.5 Å². The zero-order chi connectivity index (χ0) is 13.4. The van der Waals surface area contributed by atoms with E-state index in [1.165, 1.54) is 31.4 Å². The number of imidazole rings is 1. The Balaban J connectivity index is 1.94. The van der Waals surface area contributed by atoms with E-state index in [0.29, 0.717) is 34.8 Å². The van der Waals surface area contributed by atoms with Crippen LogP contribution in [0.25, 0.3) is 11.6 Å². The van der Waals surface area contributed by atoms with E-state index < -0.39 is 0 Å². The molecule has 5 N–H and O–H groups in total. The summed E-state index contributed by atoms with van der Waals surface area (Å²) in [5.74, 6) is 2.07. The number of hydrogen-bond donors (Lipinski definition) is 3. The van der Waals surface area contributed by atoms with E-state index in [0.717, 1.165) is 0 Å². The lowest BCUT2D eigenvalue weighted by atomic mass is 10.1. The van der Waals surface area contributed by atoms with Crippen LogP contribution in [-0.2, 0) is 0 Å². The van der Waals surface area contributed by atoms with Crippen LogP contribution in [0.15, 0.2) is 6.20 Å². The molecule has 0 aliphatic heterocycles. The minimum absolute atomic E-state index is 0.307. The summed E-state index contributed by atoms with van der Waals surface area (Å²) in [6.45, 7) is 1.82. The Morgan fingerprint density at radius 1 is 1.21 bits per heavy atom. The van der Waals surface area contributed by atoms with Crippen LogP contribution in [0, 0.1) is 6.92 Å². The highest BCUT2D eigenvalue weighted by Gasteiger charge is 2.20. The number of nitrogens with zero attached hydrogens (tertiary/aromatic N) is 3. The number of hydrogen-bond acceptors (Lipinski definition) is 5. The van der Waals surface area contributed by atoms with Crippen molar-refractivity contribution in [3.05, 3.63) is 17.6 Å². The minimum Gasteiger partial charge on any atom is -0.394 e. The van der Waals surface area contributed by atoms with Gasteiger partial charge in [-0.1, -0.05) is 12.8 Å². The Labute approximate surface area is 111 Å². The van der Waals surface area contributed by atoms with Crippen molar-refractivity contribution in [1.82, 2.24) is 19.9 Å². The number of aryl methyl sites for hydroxylation is 1. The van der Waals surface area contributed by atoms with E-state index in [1.54, 1.807) is 0 Å². The second kappa shape index (κ2) is 4.53. The molecule has 2 heterocycles. The first-order valence-corrected chi connectivity index (χ1v) is 6.60. The molecule has 0 saturated heterocycles. The molecule has 1 aliphatic carbocycles. The first kappa shape index (κ1) is 12.0. The molecule has 0 atom stereocenters. The Kier molecular flexibility index (Phi) is 2.85. The van der Waals surface area contributed by atoms with E-state index in [9.17, 15) is 0 Å². The molecule has 1 fully saturated rings. The largest absolute Gasteiger partial charge is 0.394 e. The van der Waals surface area contributed by atoms with E-state index in [4.69, 9.17) is 11.5 Å². The SMILES string of the molecule is Cc1nc(-c2ncc(C3CCCC3)[nH]2)nc(N)c1N. The average Bonchev–Trinajstić information content (AvgIpc) is 3.05. The summed E-state index contributed by atoms with van der Waals surface area (Å²) in [7, 11) is 0. The van der Waals surface area contributed by atoms with Crippen molar-refractivity contribution in [2.75, 3.05) is 11.5 Å². The van der Waals surface area contributed by atoms with E-state index in [1.807, 2.05) is 13.1 Å². The number of nitrogens with one attached hydrogen (secondary N) is 1. The summed E-state index contributed by atoms with van der Waals surface area (Å²) in [4.78, 5) is 16.2. The summed E-state index contributed by atoms with van der Waals surface area (Å²) in [5, 5.41) is 0. The molecular formula is C13H18N6. The van der Waals surface area contributed by atoms with Gasteiger partial charge in [0.05, 0.1) is 11.4 Å². The summed E-state index contributed by atoms with van der Waals surface area (Å²) in [5.41, 5.74) is 13.8. The fourth-order valence-corrected chi connectivity index (χ4v) is 2.60. The van der Waals surface area contributed by atoms with Crippen molar-refractivity contribution < 1.29 is 0 Å². The van der Waals surface area contributed by atoms with Crippen LogP contribution in [0.5, 0.6) is 0 Å². The predicted octanol–water partition coefficient (Wildman–Crippen LogP) is 2.00. The second-order valence-corrected chi connectivity index (χ2v) is 5.10. The Morgan fingerprint density at radius 2 is 1.95 bits per heavy atom. The highest BCUT2D eigenvalue weighted by Crippen LogP contribution is 2.33. The van der Waals surface area contributed by atoms with Crippen LogP contribution in [0.2, 0.25) is 0 Å². The van der Waals surface area contributed by atoms with Crippen molar-refractivity contribution in [3.8, 4) is 11.6 Å². The average molecular weight is 258 g/mol. The lowest BCUT2D eigenvalue weighted by Crippen LogP contribution is -2.05. The van der Waals surface area contributed by atoms with Gasteiger partial charge in [-0.15, -0.1) is 0 Å². The van der Waals surface area contributed by atoms with Gasteiger partial charge in [-0.25, -0.2) is 15.0 Å². The van der Waals surface area contributed by atoms with Gasteiger partial charge in [-0.3, -0.25) is 0 Å². The molecule has 0 radical (unpaired) electrons. The molecule has 2 aromatic heterocycles. The quantitative estimate of drug-likeness (QED) is 0.763. The third-order valence-corrected chi connectivity index (χ3v) is 3.77. The highest BCUT2D eigenvalue weighted by molar-refractivity contribution is 5.64. The van der Waals surface area contributed by atoms with Crippen molar-refractivity contribution in [1.29, 1.82) is 0 Å². The van der Waals surface area contributed by atoms with Crippen LogP contribution >= 0.6 is 0 Å². The molecule has 6 heteroatoms. The van der Waals surface area contributed by atoms with E-state index >= 15 is 0 Å². The fourth-order valence-electron chi connectivity index (χ4n) is 2.60. The van der Waals surface area contributed by atoms with Gasteiger partial charge in [-0.2, -0.15) is 0 Å². The zero-order valence-electron chi connectivity index (χ0n) is 11.0. The molecular weight excluding hydrogens is 240 g/mol. The third-order valence-electron chi connectivity index (χ3n) is 3.77. The number of nitrogens with two attached hydrogens (primary N) is 2. The normalized spacial score (nSPS) is 16.1. The first-order chi connectivity index (χ1) is 9.15. The van der Waals surface area contributed by atoms with E-state index in [-0.39, 0.29) is 0 Å². The summed E-state index contributed by atoms with van der Waals surface area (Å²) in [6.07, 6.45) is 6.93. The topological polar surface area (TPSA) is 106 Å². The van der Waals surface area contributed by atoms with Gasteiger partial charge in [0.1, 0.15) is 0 Å². The molecule has 0 aromatic carbocycles. The molecule has 1 aliphatic rings. The summed E-state index contributed by atoms with van der Waals surface area (Å²) < 4.78 is 0. The van der Waals surface area contributed by atoms with Crippen molar-refractivity contribution in [3.63, 3.8) is 0 Å². The van der Waals surface area contributed by atoms with Gasteiger partial charge >= 0.3 is 0 Å². The maximum absolute atomic E-state index is 5.77. The number of H-pyrrole nitrogens is 1. The van der Waals surface area contributed by atoms with Gasteiger partial charge in [0.2, 0.25) is 0 Å². The number of aromatic nitrogens is 4. The van der Waals surface area contributed by atoms with E-state index in [2.05, 4.69) is 19.9 Å². The van der Waals surface area contributed by atoms with Crippen LogP contribution < -0.4 is 11.5 Å². The molecule has 0 bridgehead atoms. The molecule has 0 amide bonds. The maximum Gasteiger partial charge on any atom is 0.198 e. The molecule has 3 rings (SSSR count). The molecule has 2 aromatic rings. The van der Waals surface area contributed by atoms with Gasteiger partial charge in [0.15, 0.2) is 17.5 Å². The minimum atomic E-state index is 0.307. The molecule has 0 unspecified atom stereocenters. The lowest BCUT2D eigenvalue weighted by molar-refractivity contribution is 0.702. The van der Waals surface area contributed by atoms with Gasteiger partial charge in [0.25, 0.3) is 0 Å². The Morgan fingerprint density at radius 3 is 2.63 bits per heavy atom. The predicted molar refractivity (Wildman–Crippen MR) is 74.4 cm³/mol. The molecule has 100 valence electrons. The van der Waals surface area contributed by atoms with Crippen LogP contribution in [0.3, 0.4) is 0 Å². The first-order valence-electron chi connectivity index (χ1n) is 6.60. The molecule has 19 heavy (non-hydrogen) atoms.